The molecule has 2 aromatic heterocycles. The molecule has 0 amide bonds. The summed E-state index contributed by atoms with van der Waals surface area (Å²) in [5.41, 5.74) is 2.80. The molecule has 0 aliphatic heterocycles. The van der Waals surface area contributed by atoms with E-state index >= 15 is 0 Å². The minimum Gasteiger partial charge on any atom is -0.456 e. The van der Waals surface area contributed by atoms with Gasteiger partial charge < -0.3 is 4.74 Å². The van der Waals surface area contributed by atoms with Crippen LogP contribution in [0, 0.1) is 6.92 Å². The molecule has 0 bridgehead atoms. The summed E-state index contributed by atoms with van der Waals surface area (Å²) in [6, 6.07) is 9.48. The van der Waals surface area contributed by atoms with Gasteiger partial charge in [-0.3, -0.25) is 4.98 Å². The van der Waals surface area contributed by atoms with E-state index in [1.807, 2.05) is 43.5 Å². The van der Waals surface area contributed by atoms with Gasteiger partial charge in [-0.25, -0.2) is 14.5 Å². The van der Waals surface area contributed by atoms with Crippen molar-refractivity contribution < 1.29 is 9.53 Å². The van der Waals surface area contributed by atoms with E-state index in [4.69, 9.17) is 4.74 Å². The van der Waals surface area contributed by atoms with Gasteiger partial charge in [-0.1, -0.05) is 12.1 Å². The lowest BCUT2D eigenvalue weighted by Crippen LogP contribution is -2.08. The molecule has 0 N–H and O–H groups in total. The number of ether oxygens (including phenoxy) is 1. The second-order valence-corrected chi connectivity index (χ2v) is 4.74. The molecule has 6 nitrogen and oxygen atoms in total. The number of esters is 1. The minimum atomic E-state index is -0.483. The van der Waals surface area contributed by atoms with Crippen molar-refractivity contribution in [1.82, 2.24) is 19.7 Å². The van der Waals surface area contributed by atoms with E-state index in [0.717, 1.165) is 16.9 Å². The van der Waals surface area contributed by atoms with Crippen LogP contribution in [0.25, 0.3) is 5.69 Å². The van der Waals surface area contributed by atoms with Crippen molar-refractivity contribution in [3.8, 4) is 5.69 Å². The Morgan fingerprint density at radius 1 is 1.18 bits per heavy atom. The van der Waals surface area contributed by atoms with Gasteiger partial charge >= 0.3 is 5.97 Å². The highest BCUT2D eigenvalue weighted by atomic mass is 16.5. The predicted molar refractivity (Wildman–Crippen MR) is 79.5 cm³/mol. The van der Waals surface area contributed by atoms with Crippen molar-refractivity contribution in [2.75, 3.05) is 0 Å². The van der Waals surface area contributed by atoms with Crippen molar-refractivity contribution in [2.45, 2.75) is 13.5 Å². The molecule has 0 atom stereocenters. The van der Waals surface area contributed by atoms with Crippen molar-refractivity contribution in [1.29, 1.82) is 0 Å². The van der Waals surface area contributed by atoms with Crippen LogP contribution in [0.3, 0.4) is 0 Å². The highest BCUT2D eigenvalue weighted by molar-refractivity contribution is 5.86. The van der Waals surface area contributed by atoms with Gasteiger partial charge in [-0.2, -0.15) is 5.10 Å². The summed E-state index contributed by atoms with van der Waals surface area (Å²) < 4.78 is 6.98. The molecule has 0 unspecified atom stereocenters. The number of aryl methyl sites for hydroxylation is 1. The van der Waals surface area contributed by atoms with Crippen LogP contribution in [-0.2, 0) is 11.3 Å². The van der Waals surface area contributed by atoms with Gasteiger partial charge in [0.15, 0.2) is 5.69 Å². The van der Waals surface area contributed by atoms with Crippen LogP contribution >= 0.6 is 0 Å². The molecular formula is C16H14N4O2. The SMILES string of the molecule is Cc1cnc(C(=O)OCc2ccc(-n3cccn3)cc2)cn1. The normalized spacial score (nSPS) is 10.4. The molecule has 3 aromatic rings. The van der Waals surface area contributed by atoms with Crippen molar-refractivity contribution in [3.63, 3.8) is 0 Å². The average molecular weight is 294 g/mol. The Morgan fingerprint density at radius 3 is 2.64 bits per heavy atom. The van der Waals surface area contributed by atoms with Gasteiger partial charge in [0, 0.05) is 18.6 Å². The zero-order valence-electron chi connectivity index (χ0n) is 12.0. The van der Waals surface area contributed by atoms with Crippen LogP contribution in [0.5, 0.6) is 0 Å². The van der Waals surface area contributed by atoms with Gasteiger partial charge in [0.1, 0.15) is 6.61 Å². The van der Waals surface area contributed by atoms with Crippen LogP contribution in [0.2, 0.25) is 0 Å². The van der Waals surface area contributed by atoms with Gasteiger partial charge in [0.25, 0.3) is 0 Å². The van der Waals surface area contributed by atoms with E-state index in [9.17, 15) is 4.79 Å². The number of hydrogen-bond donors (Lipinski definition) is 0. The highest BCUT2D eigenvalue weighted by Gasteiger charge is 2.09. The van der Waals surface area contributed by atoms with E-state index in [-0.39, 0.29) is 12.3 Å². The molecule has 0 saturated carbocycles. The molecule has 6 heteroatoms. The molecule has 22 heavy (non-hydrogen) atoms. The Labute approximate surface area is 127 Å². The first kappa shape index (κ1) is 13.9. The third-order valence-electron chi connectivity index (χ3n) is 3.07. The molecule has 0 saturated heterocycles. The van der Waals surface area contributed by atoms with E-state index < -0.39 is 5.97 Å². The first-order chi connectivity index (χ1) is 10.7. The van der Waals surface area contributed by atoms with E-state index in [1.165, 1.54) is 12.4 Å². The third kappa shape index (κ3) is 3.17. The zero-order chi connectivity index (χ0) is 15.4. The lowest BCUT2D eigenvalue weighted by molar-refractivity contribution is 0.0465. The topological polar surface area (TPSA) is 69.9 Å². The minimum absolute atomic E-state index is 0.188. The number of carbonyl (C=O) groups is 1. The van der Waals surface area contributed by atoms with Gasteiger partial charge in [-0.15, -0.1) is 0 Å². The first-order valence-electron chi connectivity index (χ1n) is 6.77. The number of hydrogen-bond acceptors (Lipinski definition) is 5. The summed E-state index contributed by atoms with van der Waals surface area (Å²) in [4.78, 5) is 19.9. The number of nitrogens with zero attached hydrogens (tertiary/aromatic N) is 4. The lowest BCUT2D eigenvalue weighted by Gasteiger charge is -2.06. The Bertz CT molecular complexity index is 750. The molecule has 0 aliphatic rings. The molecule has 0 radical (unpaired) electrons. The molecule has 110 valence electrons. The average Bonchev–Trinajstić information content (AvgIpc) is 3.08. The summed E-state index contributed by atoms with van der Waals surface area (Å²) >= 11 is 0. The standard InChI is InChI=1S/C16H14N4O2/c1-12-9-18-15(10-17-12)16(21)22-11-13-3-5-14(6-4-13)20-8-2-7-19-20/h2-10H,11H2,1H3. The maximum Gasteiger partial charge on any atom is 0.358 e. The molecule has 0 aliphatic carbocycles. The second-order valence-electron chi connectivity index (χ2n) is 4.74. The third-order valence-corrected chi connectivity index (χ3v) is 3.07. The summed E-state index contributed by atoms with van der Waals surface area (Å²) in [6.45, 7) is 2.00. The van der Waals surface area contributed by atoms with Crippen molar-refractivity contribution in [3.05, 3.63) is 72.1 Å². The maximum atomic E-state index is 11.8. The zero-order valence-corrected chi connectivity index (χ0v) is 12.0. The van der Waals surface area contributed by atoms with Crippen LogP contribution in [0.4, 0.5) is 0 Å². The van der Waals surface area contributed by atoms with E-state index in [0.29, 0.717) is 0 Å². The largest absolute Gasteiger partial charge is 0.456 e. The fourth-order valence-electron chi connectivity index (χ4n) is 1.89. The maximum absolute atomic E-state index is 11.8. The molecule has 0 fully saturated rings. The number of rotatable bonds is 4. The fourth-order valence-corrected chi connectivity index (χ4v) is 1.89. The molecule has 2 heterocycles. The van der Waals surface area contributed by atoms with Gasteiger partial charge in [0.2, 0.25) is 0 Å². The number of carbonyl (C=O) groups excluding carboxylic acids is 1. The lowest BCUT2D eigenvalue weighted by atomic mass is 10.2. The smallest absolute Gasteiger partial charge is 0.358 e. The van der Waals surface area contributed by atoms with Crippen LogP contribution in [-0.4, -0.2) is 25.7 Å². The quantitative estimate of drug-likeness (QED) is 0.691. The summed E-state index contributed by atoms with van der Waals surface area (Å²) in [6.07, 6.45) is 6.54. The van der Waals surface area contributed by atoms with Crippen molar-refractivity contribution >= 4 is 5.97 Å². The monoisotopic (exact) mass is 294 g/mol. The molecule has 1 aromatic carbocycles. The summed E-state index contributed by atoms with van der Waals surface area (Å²) in [5.74, 6) is -0.483. The highest BCUT2D eigenvalue weighted by Crippen LogP contribution is 2.10. The Kier molecular flexibility index (Phi) is 3.91. The summed E-state index contributed by atoms with van der Waals surface area (Å²) in [5, 5.41) is 4.15. The van der Waals surface area contributed by atoms with Crippen LogP contribution in [0.1, 0.15) is 21.7 Å². The van der Waals surface area contributed by atoms with E-state index in [2.05, 4.69) is 15.1 Å². The number of benzene rings is 1. The Hall–Kier alpha value is -3.02. The number of aromatic nitrogens is 4. The molecule has 3 rings (SSSR count). The summed E-state index contributed by atoms with van der Waals surface area (Å²) in [7, 11) is 0. The Balaban J connectivity index is 1.61. The van der Waals surface area contributed by atoms with Crippen LogP contribution < -0.4 is 0 Å². The second kappa shape index (κ2) is 6.17. The molecule has 0 spiro atoms. The predicted octanol–water partition coefficient (Wildman–Crippen LogP) is 2.33. The first-order valence-corrected chi connectivity index (χ1v) is 6.77. The van der Waals surface area contributed by atoms with E-state index in [1.54, 1.807) is 10.9 Å². The molecular weight excluding hydrogens is 280 g/mol. The van der Waals surface area contributed by atoms with Crippen molar-refractivity contribution in [2.24, 2.45) is 0 Å². The Morgan fingerprint density at radius 2 is 2.00 bits per heavy atom. The van der Waals surface area contributed by atoms with Gasteiger partial charge in [0.05, 0.1) is 17.6 Å². The fraction of sp³-hybridized carbons (Fsp3) is 0.125. The van der Waals surface area contributed by atoms with Crippen LogP contribution in [0.15, 0.2) is 55.1 Å². The van der Waals surface area contributed by atoms with Gasteiger partial charge in [-0.05, 0) is 30.7 Å².